The van der Waals surface area contributed by atoms with Crippen LogP contribution in [0.15, 0.2) is 36.4 Å². The van der Waals surface area contributed by atoms with Crippen molar-refractivity contribution in [1.82, 2.24) is 5.32 Å². The largest absolute Gasteiger partial charge is 0.493 e. The van der Waals surface area contributed by atoms with Gasteiger partial charge in [0.05, 0.1) is 27.8 Å². The van der Waals surface area contributed by atoms with E-state index in [0.717, 1.165) is 0 Å². The number of fused-ring (bicyclic) bond motifs is 1. The van der Waals surface area contributed by atoms with Crippen molar-refractivity contribution >= 4 is 46.8 Å². The molecule has 2 N–H and O–H groups in total. The van der Waals surface area contributed by atoms with E-state index in [1.54, 1.807) is 36.4 Å². The summed E-state index contributed by atoms with van der Waals surface area (Å²) in [6, 6.07) is 9.55. The molecule has 1 aliphatic heterocycles. The Kier molecular flexibility index (Phi) is 11.9. The number of halogens is 1. The second kappa shape index (κ2) is 15.0. The first-order valence-electron chi connectivity index (χ1n) is 13.4. The molecule has 0 bridgehead atoms. The highest BCUT2D eigenvalue weighted by Crippen LogP contribution is 2.45. The van der Waals surface area contributed by atoms with Gasteiger partial charge in [-0.3, -0.25) is 9.59 Å². The second-order valence-electron chi connectivity index (χ2n) is 10.7. The monoisotopic (exact) mass is 622 g/mol. The summed E-state index contributed by atoms with van der Waals surface area (Å²) in [6.07, 6.45) is -0.255. The van der Waals surface area contributed by atoms with Gasteiger partial charge in [-0.25, -0.2) is 4.79 Å². The van der Waals surface area contributed by atoms with Gasteiger partial charge in [0.15, 0.2) is 11.5 Å². The molecule has 12 heteroatoms. The molecule has 2 aromatic carbocycles. The van der Waals surface area contributed by atoms with E-state index in [1.807, 2.05) is 20.1 Å². The highest BCUT2D eigenvalue weighted by molar-refractivity contribution is 7.98. The van der Waals surface area contributed by atoms with E-state index in [4.69, 9.17) is 30.5 Å². The lowest BCUT2D eigenvalue weighted by Crippen LogP contribution is -2.48. The van der Waals surface area contributed by atoms with E-state index in [-0.39, 0.29) is 19.6 Å². The highest BCUT2D eigenvalue weighted by Gasteiger charge is 2.41. The number of benzene rings is 2. The predicted molar refractivity (Wildman–Crippen MR) is 162 cm³/mol. The maximum Gasteiger partial charge on any atom is 0.328 e. The molecule has 0 unspecified atom stereocenters. The Morgan fingerprint density at radius 2 is 1.90 bits per heavy atom. The van der Waals surface area contributed by atoms with Crippen molar-refractivity contribution in [2.75, 3.05) is 51.4 Å². The van der Waals surface area contributed by atoms with Crippen molar-refractivity contribution in [2.24, 2.45) is 5.41 Å². The molecule has 0 aromatic heterocycles. The normalized spacial score (nSPS) is 17.6. The molecule has 0 saturated carbocycles. The lowest BCUT2D eigenvalue weighted by Gasteiger charge is -2.32. The van der Waals surface area contributed by atoms with Crippen molar-refractivity contribution in [3.05, 3.63) is 52.5 Å². The average Bonchev–Trinajstić information content (AvgIpc) is 3.08. The van der Waals surface area contributed by atoms with Crippen molar-refractivity contribution < 1.29 is 38.4 Å². The van der Waals surface area contributed by atoms with Crippen LogP contribution >= 0.6 is 23.4 Å². The van der Waals surface area contributed by atoms with E-state index >= 15 is 0 Å². The molecule has 3 rings (SSSR count). The van der Waals surface area contributed by atoms with Gasteiger partial charge in [0, 0.05) is 40.4 Å². The summed E-state index contributed by atoms with van der Waals surface area (Å²) in [5, 5.41) is 13.2. The molecule has 0 spiro atoms. The topological polar surface area (TPSA) is 124 Å². The highest BCUT2D eigenvalue weighted by atomic mass is 35.5. The van der Waals surface area contributed by atoms with Gasteiger partial charge in [-0.2, -0.15) is 11.8 Å². The quantitative estimate of drug-likeness (QED) is 0.319. The Morgan fingerprint density at radius 3 is 2.52 bits per heavy atom. The fourth-order valence-corrected chi connectivity index (χ4v) is 5.41. The van der Waals surface area contributed by atoms with E-state index in [0.29, 0.717) is 45.5 Å². The zero-order valence-corrected chi connectivity index (χ0v) is 26.3. The summed E-state index contributed by atoms with van der Waals surface area (Å²) in [5.74, 6) is -0.113. The van der Waals surface area contributed by atoms with Crippen LogP contribution in [0.3, 0.4) is 0 Å². The summed E-state index contributed by atoms with van der Waals surface area (Å²) >= 11 is 7.99. The Hall–Kier alpha value is -2.99. The Labute approximate surface area is 256 Å². The zero-order chi connectivity index (χ0) is 31.0. The van der Waals surface area contributed by atoms with Gasteiger partial charge in [-0.05, 0) is 42.7 Å². The Bertz CT molecular complexity index is 1270. The minimum atomic E-state index is -1.26. The number of rotatable bonds is 13. The molecule has 1 heterocycles. The van der Waals surface area contributed by atoms with Crippen LogP contribution in [-0.4, -0.2) is 81.5 Å². The van der Waals surface area contributed by atoms with Gasteiger partial charge in [0.1, 0.15) is 18.2 Å². The van der Waals surface area contributed by atoms with Crippen LogP contribution in [0, 0.1) is 5.41 Å². The minimum Gasteiger partial charge on any atom is -0.493 e. The van der Waals surface area contributed by atoms with Gasteiger partial charge in [0.2, 0.25) is 5.91 Å². The average molecular weight is 623 g/mol. The maximum atomic E-state index is 14.2. The number of amides is 2. The second-order valence-corrected chi connectivity index (χ2v) is 12.1. The smallest absolute Gasteiger partial charge is 0.328 e. The van der Waals surface area contributed by atoms with Crippen LogP contribution in [0.5, 0.6) is 11.5 Å². The van der Waals surface area contributed by atoms with Crippen molar-refractivity contribution in [3.8, 4) is 11.5 Å². The van der Waals surface area contributed by atoms with E-state index < -0.39 is 41.4 Å². The van der Waals surface area contributed by atoms with Gasteiger partial charge < -0.3 is 34.3 Å². The summed E-state index contributed by atoms with van der Waals surface area (Å²) < 4.78 is 22.6. The molecule has 0 fully saturated rings. The molecule has 2 amide bonds. The molecular formula is C30H39ClN2O8S. The Balaban J connectivity index is 2.13. The molecule has 0 aliphatic carbocycles. The number of hydrogen-bond donors (Lipinski definition) is 2. The summed E-state index contributed by atoms with van der Waals surface area (Å²) in [4.78, 5) is 41.4. The van der Waals surface area contributed by atoms with Gasteiger partial charge in [0.25, 0.3) is 5.91 Å². The fourth-order valence-electron chi connectivity index (χ4n) is 4.75. The molecule has 42 heavy (non-hydrogen) atoms. The molecule has 2 aromatic rings. The third-order valence-corrected chi connectivity index (χ3v) is 7.82. The number of thioether (sulfide) groups is 1. The number of nitrogens with one attached hydrogen (secondary N) is 1. The number of aliphatic hydroxyl groups is 1. The first-order chi connectivity index (χ1) is 20.0. The standard InChI is InChI=1S/C30H39ClN2O8S/c1-30(2,17-34)16-33-22-11-10-18(31)14-20(22)26(19-8-7-9-23(38-3)27(19)39-4)41-24(28(33)36)15-25(35)32-21(12-13-42-6)29(37)40-5/h7-11,14,21,24,26,34H,12-13,15-17H2,1-6H3,(H,32,35)/t21-,24-,26+/m1/s1. The number of carbonyl (C=O) groups is 3. The number of ether oxygens (including phenoxy) is 4. The van der Waals surface area contributed by atoms with E-state index in [1.165, 1.54) is 38.0 Å². The van der Waals surface area contributed by atoms with Crippen molar-refractivity contribution in [2.45, 2.75) is 44.9 Å². The first kappa shape index (κ1) is 33.5. The number of esters is 1. The van der Waals surface area contributed by atoms with Crippen molar-refractivity contribution in [1.29, 1.82) is 0 Å². The van der Waals surface area contributed by atoms with Crippen LogP contribution < -0.4 is 19.7 Å². The van der Waals surface area contributed by atoms with Crippen LogP contribution in [0.25, 0.3) is 0 Å². The molecule has 0 radical (unpaired) electrons. The molecule has 1 aliphatic rings. The summed E-state index contributed by atoms with van der Waals surface area (Å²) in [7, 11) is 4.28. The van der Waals surface area contributed by atoms with Gasteiger partial charge in [-0.15, -0.1) is 0 Å². The summed E-state index contributed by atoms with van der Waals surface area (Å²) in [5.41, 5.74) is 0.984. The van der Waals surface area contributed by atoms with E-state index in [2.05, 4.69) is 5.32 Å². The Morgan fingerprint density at radius 1 is 1.17 bits per heavy atom. The third kappa shape index (κ3) is 7.89. The van der Waals surface area contributed by atoms with Gasteiger partial charge in [-0.1, -0.05) is 37.6 Å². The number of anilines is 1. The maximum absolute atomic E-state index is 14.2. The van der Waals surface area contributed by atoms with Crippen LogP contribution in [0.4, 0.5) is 5.69 Å². The molecule has 10 nitrogen and oxygen atoms in total. The number of para-hydroxylation sites is 1. The molecular weight excluding hydrogens is 584 g/mol. The number of carbonyl (C=O) groups excluding carboxylic acids is 3. The lowest BCUT2D eigenvalue weighted by atomic mass is 9.92. The number of hydrogen-bond acceptors (Lipinski definition) is 9. The van der Waals surface area contributed by atoms with Crippen LogP contribution in [0.1, 0.15) is 43.9 Å². The van der Waals surface area contributed by atoms with Crippen molar-refractivity contribution in [3.63, 3.8) is 0 Å². The molecule has 0 saturated heterocycles. The predicted octanol–water partition coefficient (Wildman–Crippen LogP) is 4.00. The lowest BCUT2D eigenvalue weighted by molar-refractivity contribution is -0.146. The third-order valence-electron chi connectivity index (χ3n) is 6.94. The molecule has 3 atom stereocenters. The van der Waals surface area contributed by atoms with Crippen LogP contribution in [-0.2, 0) is 23.9 Å². The number of methoxy groups -OCH3 is 3. The molecule has 230 valence electrons. The number of nitrogens with zero attached hydrogens (tertiary/aromatic N) is 1. The first-order valence-corrected chi connectivity index (χ1v) is 15.2. The minimum absolute atomic E-state index is 0.138. The van der Waals surface area contributed by atoms with E-state index in [9.17, 15) is 19.5 Å². The zero-order valence-electron chi connectivity index (χ0n) is 24.8. The van der Waals surface area contributed by atoms with Crippen LogP contribution in [0.2, 0.25) is 5.02 Å². The fraction of sp³-hybridized carbons (Fsp3) is 0.500. The summed E-state index contributed by atoms with van der Waals surface area (Å²) in [6.45, 7) is 3.62. The number of aliphatic hydroxyl groups excluding tert-OH is 1. The SMILES string of the molecule is COC(=O)[C@@H](CCSC)NC(=O)C[C@H]1O[C@@H](c2cccc(OC)c2OC)c2cc(Cl)ccc2N(CC(C)(C)CO)C1=O. The van der Waals surface area contributed by atoms with Gasteiger partial charge >= 0.3 is 5.97 Å².